The summed E-state index contributed by atoms with van der Waals surface area (Å²) < 4.78 is 5.60. The highest BCUT2D eigenvalue weighted by molar-refractivity contribution is 5.67. The zero-order valence-electron chi connectivity index (χ0n) is 13.1. The molecule has 0 radical (unpaired) electrons. The van der Waals surface area contributed by atoms with E-state index < -0.39 is 0 Å². The van der Waals surface area contributed by atoms with Crippen LogP contribution in [0.4, 0.5) is 11.5 Å². The molecule has 0 spiro atoms. The van der Waals surface area contributed by atoms with Gasteiger partial charge in [0.1, 0.15) is 11.5 Å². The van der Waals surface area contributed by atoms with E-state index in [0.29, 0.717) is 36.1 Å². The Labute approximate surface area is 126 Å². The van der Waals surface area contributed by atoms with Crippen molar-refractivity contribution in [3.8, 4) is 5.88 Å². The Morgan fingerprint density at radius 3 is 2.62 bits per heavy atom. The van der Waals surface area contributed by atoms with Crippen molar-refractivity contribution in [1.82, 2.24) is 9.97 Å². The summed E-state index contributed by atoms with van der Waals surface area (Å²) in [7, 11) is 0. The summed E-state index contributed by atoms with van der Waals surface area (Å²) >= 11 is 0. The van der Waals surface area contributed by atoms with E-state index in [9.17, 15) is 0 Å². The third kappa shape index (κ3) is 3.22. The van der Waals surface area contributed by atoms with Crippen molar-refractivity contribution in [1.29, 1.82) is 0 Å². The topological polar surface area (TPSA) is 73.1 Å². The second-order valence-corrected chi connectivity index (χ2v) is 6.37. The Balaban J connectivity index is 1.84. The zero-order chi connectivity index (χ0) is 14.8. The van der Waals surface area contributed by atoms with Crippen molar-refractivity contribution >= 4 is 11.5 Å². The Bertz CT molecular complexity index is 501. The van der Waals surface area contributed by atoms with Crippen molar-refractivity contribution in [2.24, 2.45) is 5.92 Å². The van der Waals surface area contributed by atoms with Crippen LogP contribution in [0.1, 0.15) is 64.1 Å². The molecule has 116 valence electrons. The molecule has 0 amide bonds. The van der Waals surface area contributed by atoms with Gasteiger partial charge in [0.25, 0.3) is 0 Å². The largest absolute Gasteiger partial charge is 0.476 e. The van der Waals surface area contributed by atoms with E-state index >= 15 is 0 Å². The quantitative estimate of drug-likeness (QED) is 0.870. The smallest absolute Gasteiger partial charge is 0.242 e. The number of nitrogens with two attached hydrogens (primary N) is 1. The van der Waals surface area contributed by atoms with Crippen molar-refractivity contribution in [2.75, 3.05) is 17.7 Å². The lowest BCUT2D eigenvalue weighted by Gasteiger charge is -2.30. The minimum atomic E-state index is 0.456. The highest BCUT2D eigenvalue weighted by atomic mass is 16.5. The molecule has 0 aliphatic heterocycles. The van der Waals surface area contributed by atoms with Crippen LogP contribution in [0.15, 0.2) is 0 Å². The maximum Gasteiger partial charge on any atom is 0.242 e. The van der Waals surface area contributed by atoms with Crippen LogP contribution in [-0.4, -0.2) is 22.6 Å². The number of nitrogens with zero attached hydrogens (tertiary/aromatic N) is 2. The van der Waals surface area contributed by atoms with Crippen LogP contribution in [0.25, 0.3) is 0 Å². The molecule has 21 heavy (non-hydrogen) atoms. The van der Waals surface area contributed by atoms with E-state index in [1.165, 1.54) is 38.5 Å². The molecule has 2 atom stereocenters. The van der Waals surface area contributed by atoms with Crippen molar-refractivity contribution in [2.45, 2.75) is 64.3 Å². The average molecular weight is 290 g/mol. The van der Waals surface area contributed by atoms with Gasteiger partial charge in [-0.25, -0.2) is 4.98 Å². The molecule has 0 aromatic carbocycles. The summed E-state index contributed by atoms with van der Waals surface area (Å²) in [5, 5.41) is 3.56. The van der Waals surface area contributed by atoms with Crippen LogP contribution >= 0.6 is 0 Å². The second kappa shape index (κ2) is 6.08. The Morgan fingerprint density at radius 2 is 1.95 bits per heavy atom. The van der Waals surface area contributed by atoms with Crippen LogP contribution in [0.5, 0.6) is 5.88 Å². The summed E-state index contributed by atoms with van der Waals surface area (Å²) in [4.78, 5) is 9.18. The lowest BCUT2D eigenvalue weighted by molar-refractivity contribution is 0.326. The van der Waals surface area contributed by atoms with Crippen LogP contribution in [0.3, 0.4) is 0 Å². The molecule has 2 aliphatic carbocycles. The van der Waals surface area contributed by atoms with E-state index in [0.717, 1.165) is 11.6 Å². The minimum absolute atomic E-state index is 0.456. The fourth-order valence-corrected chi connectivity index (χ4v) is 3.05. The standard InChI is InChI=1S/C16H26N4O/c1-3-21-16-13(17)15(19-14(20-16)11-8-9-11)18-12-7-5-4-6-10(12)2/h10-12H,3-9,17H2,1-2H3,(H,18,19,20). The van der Waals surface area contributed by atoms with Crippen LogP contribution in [0, 0.1) is 5.92 Å². The SMILES string of the molecule is CCOc1nc(C2CC2)nc(NC2CCCCC2C)c1N. The van der Waals surface area contributed by atoms with Crippen molar-refractivity contribution in [3.05, 3.63) is 5.82 Å². The van der Waals surface area contributed by atoms with Gasteiger partial charge in [0.2, 0.25) is 5.88 Å². The van der Waals surface area contributed by atoms with Gasteiger partial charge in [-0.15, -0.1) is 0 Å². The van der Waals surface area contributed by atoms with Gasteiger partial charge >= 0.3 is 0 Å². The van der Waals surface area contributed by atoms with E-state index in [-0.39, 0.29) is 0 Å². The number of nitrogens with one attached hydrogen (secondary N) is 1. The summed E-state index contributed by atoms with van der Waals surface area (Å²) in [6.07, 6.45) is 7.42. The fourth-order valence-electron chi connectivity index (χ4n) is 3.05. The van der Waals surface area contributed by atoms with Crippen LogP contribution in [0.2, 0.25) is 0 Å². The molecule has 1 heterocycles. The predicted octanol–water partition coefficient (Wildman–Crippen LogP) is 3.33. The third-order valence-electron chi connectivity index (χ3n) is 4.59. The summed E-state index contributed by atoms with van der Waals surface area (Å²) in [6, 6.07) is 0.456. The second-order valence-electron chi connectivity index (χ2n) is 6.37. The highest BCUT2D eigenvalue weighted by Crippen LogP contribution is 2.41. The lowest BCUT2D eigenvalue weighted by atomic mass is 9.86. The molecule has 2 saturated carbocycles. The number of hydrogen-bond donors (Lipinski definition) is 2. The van der Waals surface area contributed by atoms with E-state index in [1.807, 2.05) is 6.92 Å². The molecular formula is C16H26N4O. The number of rotatable bonds is 5. The van der Waals surface area contributed by atoms with Crippen LogP contribution in [-0.2, 0) is 0 Å². The molecule has 2 aliphatic rings. The molecule has 0 saturated heterocycles. The summed E-state index contributed by atoms with van der Waals surface area (Å²) in [6.45, 7) is 4.83. The zero-order valence-corrected chi connectivity index (χ0v) is 13.1. The Kier molecular flexibility index (Phi) is 4.17. The van der Waals surface area contributed by atoms with Gasteiger partial charge < -0.3 is 15.8 Å². The Morgan fingerprint density at radius 1 is 1.19 bits per heavy atom. The number of ether oxygens (including phenoxy) is 1. The maximum atomic E-state index is 6.21. The number of nitrogen functional groups attached to an aromatic ring is 1. The first-order chi connectivity index (χ1) is 10.2. The molecule has 0 bridgehead atoms. The average Bonchev–Trinajstić information content (AvgIpc) is 3.30. The molecule has 2 fully saturated rings. The first-order valence-corrected chi connectivity index (χ1v) is 8.25. The first kappa shape index (κ1) is 14.4. The molecular weight excluding hydrogens is 264 g/mol. The van der Waals surface area contributed by atoms with Crippen LogP contribution < -0.4 is 15.8 Å². The lowest BCUT2D eigenvalue weighted by Crippen LogP contribution is -2.31. The van der Waals surface area contributed by atoms with Crippen molar-refractivity contribution in [3.63, 3.8) is 0 Å². The van der Waals surface area contributed by atoms with E-state index in [4.69, 9.17) is 10.5 Å². The normalized spacial score (nSPS) is 25.6. The molecule has 3 rings (SSSR count). The predicted molar refractivity (Wildman–Crippen MR) is 84.6 cm³/mol. The summed E-state index contributed by atoms with van der Waals surface area (Å²) in [5.74, 6) is 3.36. The number of aromatic nitrogens is 2. The van der Waals surface area contributed by atoms with Gasteiger partial charge in [-0.3, -0.25) is 0 Å². The monoisotopic (exact) mass is 290 g/mol. The van der Waals surface area contributed by atoms with E-state index in [1.54, 1.807) is 0 Å². The molecule has 2 unspecified atom stereocenters. The molecule has 3 N–H and O–H groups in total. The fraction of sp³-hybridized carbons (Fsp3) is 0.750. The van der Waals surface area contributed by atoms with Gasteiger partial charge in [0.15, 0.2) is 5.82 Å². The van der Waals surface area contributed by atoms with Gasteiger partial charge in [-0.1, -0.05) is 19.8 Å². The molecule has 1 aromatic heterocycles. The number of hydrogen-bond acceptors (Lipinski definition) is 5. The van der Waals surface area contributed by atoms with Gasteiger partial charge in [-0.2, -0.15) is 4.98 Å². The summed E-state index contributed by atoms with van der Waals surface area (Å²) in [5.41, 5.74) is 6.76. The number of anilines is 2. The maximum absolute atomic E-state index is 6.21. The molecule has 5 heteroatoms. The molecule has 1 aromatic rings. The van der Waals surface area contributed by atoms with E-state index in [2.05, 4.69) is 22.2 Å². The third-order valence-corrected chi connectivity index (χ3v) is 4.59. The first-order valence-electron chi connectivity index (χ1n) is 8.25. The minimum Gasteiger partial charge on any atom is -0.476 e. The van der Waals surface area contributed by atoms with Gasteiger partial charge in [0, 0.05) is 12.0 Å². The van der Waals surface area contributed by atoms with Gasteiger partial charge in [0.05, 0.1) is 6.61 Å². The van der Waals surface area contributed by atoms with Crippen molar-refractivity contribution < 1.29 is 4.74 Å². The Hall–Kier alpha value is -1.52. The molecule has 5 nitrogen and oxygen atoms in total. The highest BCUT2D eigenvalue weighted by Gasteiger charge is 2.30. The van der Waals surface area contributed by atoms with Gasteiger partial charge in [-0.05, 0) is 38.5 Å².